The van der Waals surface area contributed by atoms with Crippen molar-refractivity contribution in [2.45, 2.75) is 71.3 Å². The van der Waals surface area contributed by atoms with Gasteiger partial charge in [-0.2, -0.15) is 0 Å². The van der Waals surface area contributed by atoms with Gasteiger partial charge in [0, 0.05) is 6.61 Å². The summed E-state index contributed by atoms with van der Waals surface area (Å²) in [5.74, 6) is 0. The zero-order chi connectivity index (χ0) is 11.4. The minimum Gasteiger partial charge on any atom is -0.379 e. The zero-order valence-corrected chi connectivity index (χ0v) is 10.6. The van der Waals surface area contributed by atoms with Gasteiger partial charge < -0.3 is 10.5 Å². The second-order valence-electron chi connectivity index (χ2n) is 4.38. The largest absolute Gasteiger partial charge is 0.379 e. The number of rotatable bonds is 11. The van der Waals surface area contributed by atoms with Crippen molar-refractivity contribution in [3.63, 3.8) is 0 Å². The summed E-state index contributed by atoms with van der Waals surface area (Å²) in [6, 6.07) is 0. The summed E-state index contributed by atoms with van der Waals surface area (Å²) in [4.78, 5) is 0. The number of ether oxygens (including phenoxy) is 1. The van der Waals surface area contributed by atoms with E-state index in [0.29, 0.717) is 6.10 Å². The molecule has 0 heterocycles. The summed E-state index contributed by atoms with van der Waals surface area (Å²) in [5, 5.41) is 0. The van der Waals surface area contributed by atoms with Crippen molar-refractivity contribution in [1.82, 2.24) is 0 Å². The summed E-state index contributed by atoms with van der Waals surface area (Å²) in [7, 11) is 0. The summed E-state index contributed by atoms with van der Waals surface area (Å²) in [6.45, 7) is 6.10. The van der Waals surface area contributed by atoms with Gasteiger partial charge in [0.05, 0.1) is 6.10 Å². The Morgan fingerprint density at radius 2 is 1.60 bits per heavy atom. The Morgan fingerprint density at radius 3 is 2.20 bits per heavy atom. The van der Waals surface area contributed by atoms with Gasteiger partial charge in [-0.25, -0.2) is 0 Å². The molecule has 2 heteroatoms. The van der Waals surface area contributed by atoms with Crippen molar-refractivity contribution in [2.24, 2.45) is 5.73 Å². The molecule has 0 radical (unpaired) electrons. The average molecular weight is 215 g/mol. The first kappa shape index (κ1) is 14.9. The molecule has 0 aliphatic rings. The Morgan fingerprint density at radius 1 is 1.00 bits per heavy atom. The third-order valence-electron chi connectivity index (χ3n) is 2.67. The normalized spacial score (nSPS) is 13.0. The Balaban J connectivity index is 3.02. The zero-order valence-electron chi connectivity index (χ0n) is 10.6. The van der Waals surface area contributed by atoms with Crippen LogP contribution in [0.25, 0.3) is 0 Å². The molecule has 15 heavy (non-hydrogen) atoms. The number of unbranched alkanes of at least 4 members (excludes halogenated alkanes) is 5. The summed E-state index contributed by atoms with van der Waals surface area (Å²) >= 11 is 0. The first-order chi connectivity index (χ1) is 7.31. The molecule has 0 bridgehead atoms. The highest BCUT2D eigenvalue weighted by atomic mass is 16.5. The fourth-order valence-electron chi connectivity index (χ4n) is 1.69. The van der Waals surface area contributed by atoms with Crippen molar-refractivity contribution < 1.29 is 4.74 Å². The quantitative estimate of drug-likeness (QED) is 0.535. The SMILES string of the molecule is CCCOC(C)CCCCCCCCN. The molecule has 0 spiro atoms. The van der Waals surface area contributed by atoms with Crippen LogP contribution in [0.4, 0.5) is 0 Å². The van der Waals surface area contributed by atoms with Crippen LogP contribution in [-0.4, -0.2) is 19.3 Å². The van der Waals surface area contributed by atoms with E-state index in [9.17, 15) is 0 Å². The molecule has 2 nitrogen and oxygen atoms in total. The maximum Gasteiger partial charge on any atom is 0.0547 e. The van der Waals surface area contributed by atoms with Crippen LogP contribution in [0.5, 0.6) is 0 Å². The van der Waals surface area contributed by atoms with E-state index >= 15 is 0 Å². The highest BCUT2D eigenvalue weighted by Crippen LogP contribution is 2.10. The van der Waals surface area contributed by atoms with E-state index in [1.807, 2.05) is 0 Å². The van der Waals surface area contributed by atoms with Gasteiger partial charge in [-0.3, -0.25) is 0 Å². The van der Waals surface area contributed by atoms with Crippen molar-refractivity contribution in [3.8, 4) is 0 Å². The Labute approximate surface area is 95.6 Å². The molecule has 1 atom stereocenters. The fourth-order valence-corrected chi connectivity index (χ4v) is 1.69. The fraction of sp³-hybridized carbons (Fsp3) is 1.00. The average Bonchev–Trinajstić information content (AvgIpc) is 2.25. The van der Waals surface area contributed by atoms with E-state index in [2.05, 4.69) is 13.8 Å². The van der Waals surface area contributed by atoms with Crippen LogP contribution in [0.2, 0.25) is 0 Å². The van der Waals surface area contributed by atoms with Gasteiger partial charge in [-0.05, 0) is 32.7 Å². The van der Waals surface area contributed by atoms with Crippen molar-refractivity contribution >= 4 is 0 Å². The van der Waals surface area contributed by atoms with Crippen molar-refractivity contribution in [1.29, 1.82) is 0 Å². The van der Waals surface area contributed by atoms with Crippen molar-refractivity contribution in [3.05, 3.63) is 0 Å². The maximum atomic E-state index is 5.62. The topological polar surface area (TPSA) is 35.2 Å². The number of hydrogen-bond donors (Lipinski definition) is 1. The molecule has 0 saturated carbocycles. The second kappa shape index (κ2) is 12.0. The van der Waals surface area contributed by atoms with Gasteiger partial charge in [0.25, 0.3) is 0 Å². The molecule has 0 saturated heterocycles. The van der Waals surface area contributed by atoms with E-state index < -0.39 is 0 Å². The lowest BCUT2D eigenvalue weighted by atomic mass is 10.1. The molecule has 0 fully saturated rings. The molecule has 0 aromatic heterocycles. The van der Waals surface area contributed by atoms with Crippen LogP contribution in [0, 0.1) is 0 Å². The first-order valence-electron chi connectivity index (χ1n) is 6.63. The van der Waals surface area contributed by atoms with E-state index in [0.717, 1.165) is 19.6 Å². The summed E-state index contributed by atoms with van der Waals surface area (Å²) < 4.78 is 5.62. The minimum atomic E-state index is 0.453. The second-order valence-corrected chi connectivity index (χ2v) is 4.38. The lowest BCUT2D eigenvalue weighted by Gasteiger charge is -2.11. The highest BCUT2D eigenvalue weighted by Gasteiger charge is 2.00. The molecule has 0 aromatic rings. The monoisotopic (exact) mass is 215 g/mol. The number of hydrogen-bond acceptors (Lipinski definition) is 2. The van der Waals surface area contributed by atoms with E-state index in [1.165, 1.54) is 44.9 Å². The third kappa shape index (κ3) is 11.8. The van der Waals surface area contributed by atoms with Crippen LogP contribution in [0.3, 0.4) is 0 Å². The van der Waals surface area contributed by atoms with E-state index in [4.69, 9.17) is 10.5 Å². The third-order valence-corrected chi connectivity index (χ3v) is 2.67. The minimum absolute atomic E-state index is 0.453. The van der Waals surface area contributed by atoms with Gasteiger partial charge in [-0.1, -0.05) is 39.0 Å². The molecule has 0 aliphatic heterocycles. The number of nitrogens with two attached hydrogens (primary N) is 1. The Kier molecular flexibility index (Phi) is 11.9. The van der Waals surface area contributed by atoms with E-state index in [1.54, 1.807) is 0 Å². The van der Waals surface area contributed by atoms with Gasteiger partial charge in [0.1, 0.15) is 0 Å². The molecule has 0 aliphatic carbocycles. The molecular weight excluding hydrogens is 186 g/mol. The smallest absolute Gasteiger partial charge is 0.0547 e. The molecule has 0 amide bonds. The highest BCUT2D eigenvalue weighted by molar-refractivity contribution is 4.52. The van der Waals surface area contributed by atoms with Crippen molar-refractivity contribution in [2.75, 3.05) is 13.2 Å². The van der Waals surface area contributed by atoms with E-state index in [-0.39, 0.29) is 0 Å². The Hall–Kier alpha value is -0.0800. The predicted octanol–water partition coefficient (Wildman–Crippen LogP) is 3.49. The van der Waals surface area contributed by atoms with Gasteiger partial charge in [-0.15, -0.1) is 0 Å². The van der Waals surface area contributed by atoms with Gasteiger partial charge in [0.2, 0.25) is 0 Å². The van der Waals surface area contributed by atoms with Gasteiger partial charge in [0.15, 0.2) is 0 Å². The lowest BCUT2D eigenvalue weighted by Crippen LogP contribution is -2.08. The van der Waals surface area contributed by atoms with Crippen LogP contribution in [0.1, 0.15) is 65.2 Å². The first-order valence-corrected chi connectivity index (χ1v) is 6.63. The van der Waals surface area contributed by atoms with Crippen LogP contribution < -0.4 is 5.73 Å². The van der Waals surface area contributed by atoms with Crippen LogP contribution in [-0.2, 0) is 4.74 Å². The summed E-state index contributed by atoms with van der Waals surface area (Å²) in [6.07, 6.45) is 10.7. The molecule has 92 valence electrons. The predicted molar refractivity (Wildman–Crippen MR) is 67.1 cm³/mol. The molecule has 0 rings (SSSR count). The molecule has 1 unspecified atom stereocenters. The standard InChI is InChI=1S/C13H29NO/c1-3-12-15-13(2)10-8-6-4-5-7-9-11-14/h13H,3-12,14H2,1-2H3. The Bertz CT molecular complexity index is 117. The lowest BCUT2D eigenvalue weighted by molar-refractivity contribution is 0.0589. The molecular formula is C13H29NO. The molecule has 0 aromatic carbocycles. The summed E-state index contributed by atoms with van der Waals surface area (Å²) in [5.41, 5.74) is 5.44. The molecule has 2 N–H and O–H groups in total. The van der Waals surface area contributed by atoms with Crippen LogP contribution >= 0.6 is 0 Å². The van der Waals surface area contributed by atoms with Gasteiger partial charge >= 0.3 is 0 Å². The van der Waals surface area contributed by atoms with Crippen LogP contribution in [0.15, 0.2) is 0 Å². The maximum absolute atomic E-state index is 5.62.